The molecule has 1 N–H and O–H groups in total. The first-order chi connectivity index (χ1) is 16.3. The van der Waals surface area contributed by atoms with E-state index in [1.807, 2.05) is 107 Å². The number of hydrogen-bond donors (Lipinski definition) is 1. The van der Waals surface area contributed by atoms with Crippen molar-refractivity contribution in [2.45, 2.75) is 5.16 Å². The highest BCUT2D eigenvalue weighted by molar-refractivity contribution is 7.99. The average Bonchev–Trinajstić information content (AvgIpc) is 3.52. The molecule has 162 valence electrons. The largest absolute Gasteiger partial charge is 0.301 e. The minimum atomic E-state index is -0.113. The van der Waals surface area contributed by atoms with Gasteiger partial charge < -0.3 is 5.32 Å². The summed E-state index contributed by atoms with van der Waals surface area (Å²) in [7, 11) is 0. The van der Waals surface area contributed by atoms with Gasteiger partial charge in [-0.25, -0.2) is 9.97 Å². The van der Waals surface area contributed by atoms with E-state index < -0.39 is 0 Å². The molecule has 33 heavy (non-hydrogen) atoms. The number of thioether (sulfide) groups is 1. The molecule has 1 amide bonds. The molecule has 0 aliphatic heterocycles. The van der Waals surface area contributed by atoms with E-state index in [4.69, 9.17) is 4.98 Å². The smallest absolute Gasteiger partial charge is 0.236 e. The third-order valence-electron chi connectivity index (χ3n) is 4.93. The molecule has 0 aliphatic rings. The van der Waals surface area contributed by atoms with E-state index in [0.29, 0.717) is 5.13 Å². The summed E-state index contributed by atoms with van der Waals surface area (Å²) in [4.78, 5) is 22.0. The number of para-hydroxylation sites is 1. The number of carbonyl (C=O) groups is 1. The van der Waals surface area contributed by atoms with Gasteiger partial charge in [-0.15, -0.1) is 11.3 Å². The Morgan fingerprint density at radius 1 is 0.818 bits per heavy atom. The Balaban J connectivity index is 1.31. The number of anilines is 1. The van der Waals surface area contributed by atoms with E-state index in [1.54, 1.807) is 0 Å². The van der Waals surface area contributed by atoms with Crippen LogP contribution in [-0.2, 0) is 4.79 Å². The molecule has 7 heteroatoms. The number of amides is 1. The first-order valence-electron chi connectivity index (χ1n) is 10.4. The molecule has 0 bridgehead atoms. The van der Waals surface area contributed by atoms with Crippen LogP contribution in [0, 0.1) is 0 Å². The molecule has 5 rings (SSSR count). The lowest BCUT2D eigenvalue weighted by atomic mass is 10.2. The number of benzene rings is 3. The highest BCUT2D eigenvalue weighted by Crippen LogP contribution is 2.28. The highest BCUT2D eigenvalue weighted by Gasteiger charge is 2.14. The topological polar surface area (TPSA) is 59.8 Å². The van der Waals surface area contributed by atoms with Crippen LogP contribution >= 0.6 is 23.1 Å². The molecule has 5 aromatic rings. The quantitative estimate of drug-likeness (QED) is 0.281. The number of imidazole rings is 1. The van der Waals surface area contributed by atoms with Gasteiger partial charge in [0.2, 0.25) is 5.91 Å². The van der Waals surface area contributed by atoms with Crippen LogP contribution in [0.15, 0.2) is 108 Å². The van der Waals surface area contributed by atoms with Crippen molar-refractivity contribution >= 4 is 34.1 Å². The van der Waals surface area contributed by atoms with Gasteiger partial charge in [0.15, 0.2) is 10.3 Å². The standard InChI is InChI=1S/C26H20N4OS2/c31-24(29-25-27-23(17-32-25)20-12-6-2-7-13-20)18-33-26-28-22(19-10-4-1-5-11-19)16-30(26)21-14-8-3-9-15-21/h1-17H,18H2,(H,27,29,31). The highest BCUT2D eigenvalue weighted by atomic mass is 32.2. The number of aromatic nitrogens is 3. The van der Waals surface area contributed by atoms with Gasteiger partial charge in [0.05, 0.1) is 17.1 Å². The van der Waals surface area contributed by atoms with E-state index in [0.717, 1.165) is 33.4 Å². The van der Waals surface area contributed by atoms with Crippen molar-refractivity contribution in [3.05, 3.63) is 103 Å². The molecule has 0 atom stereocenters. The van der Waals surface area contributed by atoms with Gasteiger partial charge in [-0.3, -0.25) is 9.36 Å². The fourth-order valence-corrected chi connectivity index (χ4v) is 4.87. The number of nitrogens with one attached hydrogen (secondary N) is 1. The molecular formula is C26H20N4OS2. The van der Waals surface area contributed by atoms with Crippen molar-refractivity contribution in [2.24, 2.45) is 0 Å². The lowest BCUT2D eigenvalue weighted by Gasteiger charge is -2.07. The maximum atomic E-state index is 12.7. The summed E-state index contributed by atoms with van der Waals surface area (Å²) in [6, 6.07) is 30.0. The molecule has 0 unspecified atom stereocenters. The Kier molecular flexibility index (Phi) is 6.32. The van der Waals surface area contributed by atoms with Crippen molar-refractivity contribution in [3.63, 3.8) is 0 Å². The molecule has 0 radical (unpaired) electrons. The van der Waals surface area contributed by atoms with Crippen molar-refractivity contribution in [1.29, 1.82) is 0 Å². The van der Waals surface area contributed by atoms with Gasteiger partial charge >= 0.3 is 0 Å². The van der Waals surface area contributed by atoms with Gasteiger partial charge in [-0.1, -0.05) is 90.6 Å². The minimum absolute atomic E-state index is 0.113. The number of hydrogen-bond acceptors (Lipinski definition) is 5. The van der Waals surface area contributed by atoms with Crippen LogP contribution in [0.3, 0.4) is 0 Å². The summed E-state index contributed by atoms with van der Waals surface area (Å²) in [5.74, 6) is 0.121. The van der Waals surface area contributed by atoms with Crippen LogP contribution in [0.2, 0.25) is 0 Å². The Labute approximate surface area is 200 Å². The minimum Gasteiger partial charge on any atom is -0.301 e. The summed E-state index contributed by atoms with van der Waals surface area (Å²) >= 11 is 2.83. The van der Waals surface area contributed by atoms with Gasteiger partial charge in [0.1, 0.15) is 0 Å². The molecule has 3 aromatic carbocycles. The first kappa shape index (κ1) is 21.2. The van der Waals surface area contributed by atoms with Gasteiger partial charge in [0.25, 0.3) is 0 Å². The molecule has 2 aromatic heterocycles. The normalized spacial score (nSPS) is 10.8. The van der Waals surface area contributed by atoms with Crippen LogP contribution in [0.25, 0.3) is 28.2 Å². The monoisotopic (exact) mass is 468 g/mol. The summed E-state index contributed by atoms with van der Waals surface area (Å²) in [6.07, 6.45) is 2.01. The first-order valence-corrected chi connectivity index (χ1v) is 12.3. The van der Waals surface area contributed by atoms with Gasteiger partial charge in [-0.05, 0) is 12.1 Å². The Morgan fingerprint density at radius 3 is 2.09 bits per heavy atom. The molecule has 0 spiro atoms. The van der Waals surface area contributed by atoms with Crippen LogP contribution in [0.5, 0.6) is 0 Å². The summed E-state index contributed by atoms with van der Waals surface area (Å²) in [5, 5.41) is 6.22. The zero-order valence-corrected chi connectivity index (χ0v) is 19.2. The molecule has 0 saturated heterocycles. The van der Waals surface area contributed by atoms with E-state index in [2.05, 4.69) is 10.3 Å². The second kappa shape index (κ2) is 9.85. The predicted octanol–water partition coefficient (Wildman–Crippen LogP) is 6.39. The third-order valence-corrected chi connectivity index (χ3v) is 6.64. The van der Waals surface area contributed by atoms with Crippen molar-refractivity contribution in [2.75, 3.05) is 11.1 Å². The SMILES string of the molecule is O=C(CSc1nc(-c2ccccc2)cn1-c1ccccc1)Nc1nc(-c2ccccc2)cs1. The molecule has 2 heterocycles. The third kappa shape index (κ3) is 5.05. The number of carbonyl (C=O) groups excluding carboxylic acids is 1. The zero-order chi connectivity index (χ0) is 22.5. The fourth-order valence-electron chi connectivity index (χ4n) is 3.34. The number of thiazole rings is 1. The molecule has 0 saturated carbocycles. The van der Waals surface area contributed by atoms with Crippen LogP contribution in [-0.4, -0.2) is 26.2 Å². The second-order valence-electron chi connectivity index (χ2n) is 7.22. The van der Waals surface area contributed by atoms with Crippen molar-refractivity contribution in [1.82, 2.24) is 14.5 Å². The second-order valence-corrected chi connectivity index (χ2v) is 9.02. The van der Waals surface area contributed by atoms with E-state index in [1.165, 1.54) is 23.1 Å². The lowest BCUT2D eigenvalue weighted by Crippen LogP contribution is -2.14. The Morgan fingerprint density at radius 2 is 1.42 bits per heavy atom. The molecular weight excluding hydrogens is 448 g/mol. The average molecular weight is 469 g/mol. The van der Waals surface area contributed by atoms with E-state index in [-0.39, 0.29) is 11.7 Å². The van der Waals surface area contributed by atoms with Gasteiger partial charge in [-0.2, -0.15) is 0 Å². The zero-order valence-electron chi connectivity index (χ0n) is 17.6. The maximum Gasteiger partial charge on any atom is 0.236 e. The van der Waals surface area contributed by atoms with E-state index >= 15 is 0 Å². The summed E-state index contributed by atoms with van der Waals surface area (Å²) < 4.78 is 2.02. The molecule has 0 fully saturated rings. The Hall–Kier alpha value is -3.68. The van der Waals surface area contributed by atoms with Gasteiger partial charge in [0, 0.05) is 28.4 Å². The number of nitrogens with zero attached hydrogens (tertiary/aromatic N) is 3. The maximum absolute atomic E-state index is 12.7. The van der Waals surface area contributed by atoms with Crippen LogP contribution < -0.4 is 5.32 Å². The summed E-state index contributed by atoms with van der Waals surface area (Å²) in [5.41, 5.74) is 4.80. The fraction of sp³-hybridized carbons (Fsp3) is 0.0385. The van der Waals surface area contributed by atoms with Crippen molar-refractivity contribution in [3.8, 4) is 28.2 Å². The Bertz CT molecular complexity index is 1350. The molecule has 0 aliphatic carbocycles. The van der Waals surface area contributed by atoms with E-state index in [9.17, 15) is 4.79 Å². The predicted molar refractivity (Wildman–Crippen MR) is 136 cm³/mol. The van der Waals surface area contributed by atoms with Crippen LogP contribution in [0.4, 0.5) is 5.13 Å². The number of rotatable bonds is 7. The molecule has 5 nitrogen and oxygen atoms in total. The summed E-state index contributed by atoms with van der Waals surface area (Å²) in [6.45, 7) is 0. The van der Waals surface area contributed by atoms with Crippen molar-refractivity contribution < 1.29 is 4.79 Å². The lowest BCUT2D eigenvalue weighted by molar-refractivity contribution is -0.113. The van der Waals surface area contributed by atoms with Crippen LogP contribution in [0.1, 0.15) is 0 Å².